The molecule has 1 saturated heterocycles. The molecule has 4 rings (SSSR count). The van der Waals surface area contributed by atoms with Crippen LogP contribution in [-0.4, -0.2) is 22.6 Å². The Labute approximate surface area is 146 Å². The van der Waals surface area contributed by atoms with E-state index < -0.39 is 0 Å². The topological polar surface area (TPSA) is 59.2 Å². The van der Waals surface area contributed by atoms with Crippen LogP contribution >= 0.6 is 0 Å². The number of amides is 1. The van der Waals surface area contributed by atoms with Crippen LogP contribution < -0.4 is 4.90 Å². The molecule has 5 heteroatoms. The van der Waals surface area contributed by atoms with E-state index in [1.54, 1.807) is 0 Å². The summed E-state index contributed by atoms with van der Waals surface area (Å²) in [7, 11) is 0. The van der Waals surface area contributed by atoms with Crippen molar-refractivity contribution in [3.63, 3.8) is 0 Å². The lowest BCUT2D eigenvalue weighted by Crippen LogP contribution is -2.24. The van der Waals surface area contributed by atoms with Crippen LogP contribution in [0.4, 0.5) is 5.69 Å². The summed E-state index contributed by atoms with van der Waals surface area (Å²) in [6.07, 6.45) is 0.392. The minimum absolute atomic E-state index is 0.0710. The SMILES string of the molecule is Cc1cc(C)cc(N2C[C@H](c3nc(-c4ccccc4)no3)CC2=O)c1. The van der Waals surface area contributed by atoms with Gasteiger partial charge >= 0.3 is 0 Å². The van der Waals surface area contributed by atoms with E-state index in [0.717, 1.165) is 22.4 Å². The van der Waals surface area contributed by atoms with Crippen LogP contribution in [0.15, 0.2) is 53.1 Å². The maximum absolute atomic E-state index is 12.5. The van der Waals surface area contributed by atoms with Crippen LogP contribution in [0.5, 0.6) is 0 Å². The molecular formula is C20H19N3O2. The summed E-state index contributed by atoms with van der Waals surface area (Å²) in [5.41, 5.74) is 4.14. The molecule has 5 nitrogen and oxygen atoms in total. The van der Waals surface area contributed by atoms with Gasteiger partial charge in [0.15, 0.2) is 0 Å². The number of anilines is 1. The average molecular weight is 333 g/mol. The fourth-order valence-corrected chi connectivity index (χ4v) is 3.33. The zero-order valence-electron chi connectivity index (χ0n) is 14.3. The van der Waals surface area contributed by atoms with E-state index in [9.17, 15) is 4.79 Å². The summed E-state index contributed by atoms with van der Waals surface area (Å²) in [6, 6.07) is 15.9. The summed E-state index contributed by atoms with van der Waals surface area (Å²) < 4.78 is 5.44. The van der Waals surface area contributed by atoms with Gasteiger partial charge in [-0.2, -0.15) is 4.98 Å². The van der Waals surface area contributed by atoms with Crippen molar-refractivity contribution in [1.82, 2.24) is 10.1 Å². The van der Waals surface area contributed by atoms with Crippen molar-refractivity contribution in [1.29, 1.82) is 0 Å². The predicted molar refractivity (Wildman–Crippen MR) is 95.4 cm³/mol. The Morgan fingerprint density at radius 3 is 2.52 bits per heavy atom. The molecule has 0 spiro atoms. The molecule has 2 heterocycles. The lowest BCUT2D eigenvalue weighted by atomic mass is 10.1. The standard InChI is InChI=1S/C20H19N3O2/c1-13-8-14(2)10-17(9-13)23-12-16(11-18(23)24)20-21-19(22-25-20)15-6-4-3-5-7-15/h3-10,16H,11-12H2,1-2H3/t16-/m1/s1. The predicted octanol–water partition coefficient (Wildman–Crippen LogP) is 3.87. The number of carbonyl (C=O) groups is 1. The number of benzene rings is 2. The van der Waals surface area contributed by atoms with E-state index in [-0.39, 0.29) is 11.8 Å². The Hall–Kier alpha value is -2.95. The monoisotopic (exact) mass is 333 g/mol. The molecule has 0 bridgehead atoms. The molecule has 1 amide bonds. The molecule has 0 saturated carbocycles. The minimum Gasteiger partial charge on any atom is -0.339 e. The maximum Gasteiger partial charge on any atom is 0.232 e. The largest absolute Gasteiger partial charge is 0.339 e. The van der Waals surface area contributed by atoms with Crippen LogP contribution in [0.3, 0.4) is 0 Å². The maximum atomic E-state index is 12.5. The first-order chi connectivity index (χ1) is 12.1. The van der Waals surface area contributed by atoms with Crippen molar-refractivity contribution in [3.05, 3.63) is 65.5 Å². The van der Waals surface area contributed by atoms with Gasteiger partial charge in [-0.25, -0.2) is 0 Å². The zero-order valence-corrected chi connectivity index (χ0v) is 14.3. The molecule has 2 aromatic carbocycles. The summed E-state index contributed by atoms with van der Waals surface area (Å²) in [6.45, 7) is 4.65. The molecule has 1 aromatic heterocycles. The van der Waals surface area contributed by atoms with Gasteiger partial charge in [-0.1, -0.05) is 41.6 Å². The highest BCUT2D eigenvalue weighted by atomic mass is 16.5. The number of aromatic nitrogens is 2. The first kappa shape index (κ1) is 15.6. The molecule has 1 aliphatic heterocycles. The van der Waals surface area contributed by atoms with E-state index in [4.69, 9.17) is 4.52 Å². The van der Waals surface area contributed by atoms with E-state index in [1.165, 1.54) is 0 Å². The number of hydrogen-bond acceptors (Lipinski definition) is 4. The Morgan fingerprint density at radius 2 is 1.80 bits per heavy atom. The van der Waals surface area contributed by atoms with Crippen molar-refractivity contribution < 1.29 is 9.32 Å². The van der Waals surface area contributed by atoms with Crippen LogP contribution in [0.25, 0.3) is 11.4 Å². The molecule has 0 unspecified atom stereocenters. The summed E-state index contributed by atoms with van der Waals surface area (Å²) >= 11 is 0. The van der Waals surface area contributed by atoms with E-state index in [1.807, 2.05) is 61.2 Å². The van der Waals surface area contributed by atoms with Gasteiger partial charge in [0.1, 0.15) is 0 Å². The number of carbonyl (C=O) groups excluding carboxylic acids is 1. The van der Waals surface area contributed by atoms with E-state index in [2.05, 4.69) is 16.2 Å². The van der Waals surface area contributed by atoms with Gasteiger partial charge in [0.05, 0.1) is 5.92 Å². The van der Waals surface area contributed by atoms with Gasteiger partial charge in [0.25, 0.3) is 0 Å². The fourth-order valence-electron chi connectivity index (χ4n) is 3.33. The third-order valence-corrected chi connectivity index (χ3v) is 4.47. The minimum atomic E-state index is -0.0710. The van der Waals surface area contributed by atoms with Gasteiger partial charge in [-0.3, -0.25) is 4.79 Å². The highest BCUT2D eigenvalue weighted by Gasteiger charge is 2.35. The van der Waals surface area contributed by atoms with Crippen molar-refractivity contribution in [2.75, 3.05) is 11.4 Å². The number of nitrogens with zero attached hydrogens (tertiary/aromatic N) is 3. The Bertz CT molecular complexity index is 897. The van der Waals surface area contributed by atoms with Crippen LogP contribution in [0, 0.1) is 13.8 Å². The molecule has 1 atom stereocenters. The zero-order chi connectivity index (χ0) is 17.4. The van der Waals surface area contributed by atoms with Crippen molar-refractivity contribution in [2.45, 2.75) is 26.2 Å². The van der Waals surface area contributed by atoms with Gasteiger partial charge in [-0.15, -0.1) is 0 Å². The molecule has 126 valence electrons. The molecule has 0 radical (unpaired) electrons. The second kappa shape index (κ2) is 6.16. The van der Waals surface area contributed by atoms with Gasteiger partial charge < -0.3 is 9.42 Å². The second-order valence-electron chi connectivity index (χ2n) is 6.57. The quantitative estimate of drug-likeness (QED) is 0.730. The fraction of sp³-hybridized carbons (Fsp3) is 0.250. The Balaban J connectivity index is 1.57. The third kappa shape index (κ3) is 3.05. The van der Waals surface area contributed by atoms with Crippen molar-refractivity contribution in [2.24, 2.45) is 0 Å². The van der Waals surface area contributed by atoms with Gasteiger partial charge in [-0.05, 0) is 37.1 Å². The smallest absolute Gasteiger partial charge is 0.232 e. The number of hydrogen-bond donors (Lipinski definition) is 0. The summed E-state index contributed by atoms with van der Waals surface area (Å²) in [5.74, 6) is 1.11. The molecule has 1 fully saturated rings. The first-order valence-electron chi connectivity index (χ1n) is 8.38. The van der Waals surface area contributed by atoms with E-state index >= 15 is 0 Å². The molecule has 0 N–H and O–H groups in total. The van der Waals surface area contributed by atoms with Crippen LogP contribution in [-0.2, 0) is 4.79 Å². The number of rotatable bonds is 3. The second-order valence-corrected chi connectivity index (χ2v) is 6.57. The molecular weight excluding hydrogens is 314 g/mol. The average Bonchev–Trinajstić information content (AvgIpc) is 3.21. The Morgan fingerprint density at radius 1 is 1.08 bits per heavy atom. The van der Waals surface area contributed by atoms with Gasteiger partial charge in [0.2, 0.25) is 17.6 Å². The Kier molecular flexibility index (Phi) is 3.84. The third-order valence-electron chi connectivity index (χ3n) is 4.47. The number of aryl methyl sites for hydroxylation is 2. The highest BCUT2D eigenvalue weighted by molar-refractivity contribution is 5.96. The first-order valence-corrected chi connectivity index (χ1v) is 8.38. The molecule has 0 aliphatic carbocycles. The highest BCUT2D eigenvalue weighted by Crippen LogP contribution is 2.32. The normalized spacial score (nSPS) is 17.3. The lowest BCUT2D eigenvalue weighted by molar-refractivity contribution is -0.117. The van der Waals surface area contributed by atoms with Crippen molar-refractivity contribution in [3.8, 4) is 11.4 Å². The van der Waals surface area contributed by atoms with Crippen LogP contribution in [0.2, 0.25) is 0 Å². The lowest BCUT2D eigenvalue weighted by Gasteiger charge is -2.17. The summed E-state index contributed by atoms with van der Waals surface area (Å²) in [4.78, 5) is 18.8. The van der Waals surface area contributed by atoms with Gasteiger partial charge in [0, 0.05) is 24.2 Å². The molecule has 1 aliphatic rings. The van der Waals surface area contributed by atoms with Crippen LogP contribution in [0.1, 0.15) is 29.4 Å². The summed E-state index contributed by atoms with van der Waals surface area (Å²) in [5, 5.41) is 4.07. The molecule has 25 heavy (non-hydrogen) atoms. The van der Waals surface area contributed by atoms with Crippen molar-refractivity contribution >= 4 is 11.6 Å². The molecule has 3 aromatic rings. The van der Waals surface area contributed by atoms with E-state index in [0.29, 0.717) is 24.7 Å².